The van der Waals surface area contributed by atoms with Crippen LogP contribution in [0.5, 0.6) is 0 Å². The van der Waals surface area contributed by atoms with E-state index in [0.29, 0.717) is 6.54 Å². The van der Waals surface area contributed by atoms with Crippen LogP contribution in [0.25, 0.3) is 0 Å². The fraction of sp³-hybridized carbons (Fsp3) is 0.812. The van der Waals surface area contributed by atoms with Gasteiger partial charge in [0.2, 0.25) is 5.91 Å². The van der Waals surface area contributed by atoms with Gasteiger partial charge in [0.25, 0.3) is 0 Å². The summed E-state index contributed by atoms with van der Waals surface area (Å²) in [4.78, 5) is 12.2. The molecule has 1 aromatic heterocycles. The molecule has 7 heteroatoms. The average Bonchev–Trinajstić information content (AvgIpc) is 2.79. The zero-order chi connectivity index (χ0) is 15.4. The van der Waals surface area contributed by atoms with Crippen molar-refractivity contribution >= 4 is 18.3 Å². The molecule has 3 N–H and O–H groups in total. The molecule has 1 heterocycles. The van der Waals surface area contributed by atoms with E-state index in [-0.39, 0.29) is 30.4 Å². The predicted octanol–water partition coefficient (Wildman–Crippen LogP) is 1.75. The van der Waals surface area contributed by atoms with Crippen molar-refractivity contribution in [3.05, 3.63) is 11.4 Å². The Bertz CT molecular complexity index is 523. The highest BCUT2D eigenvalue weighted by molar-refractivity contribution is 5.85. The number of rotatable bonds is 4. The summed E-state index contributed by atoms with van der Waals surface area (Å²) in [6.45, 7) is 0.834. The lowest BCUT2D eigenvalue weighted by Crippen LogP contribution is -2.50. The number of fused-ring (bicyclic) bond motifs is 1. The van der Waals surface area contributed by atoms with Gasteiger partial charge in [0.1, 0.15) is 6.54 Å². The van der Waals surface area contributed by atoms with Gasteiger partial charge in [-0.05, 0) is 38.5 Å². The van der Waals surface area contributed by atoms with E-state index in [2.05, 4.69) is 15.6 Å². The first-order valence-corrected chi connectivity index (χ1v) is 8.63. The maximum Gasteiger partial charge on any atom is 0.241 e. The minimum absolute atomic E-state index is 0. The number of carbonyl (C=O) groups excluding carboxylic acids is 1. The molecule has 0 bridgehead atoms. The smallest absolute Gasteiger partial charge is 0.241 e. The van der Waals surface area contributed by atoms with E-state index in [1.807, 2.05) is 0 Å². The van der Waals surface area contributed by atoms with E-state index in [0.717, 1.165) is 43.5 Å². The van der Waals surface area contributed by atoms with E-state index in [4.69, 9.17) is 5.73 Å². The Kier molecular flexibility index (Phi) is 6.41. The number of amides is 1. The minimum atomic E-state index is -0.228. The fourth-order valence-corrected chi connectivity index (χ4v) is 3.62. The lowest BCUT2D eigenvalue weighted by Gasteiger charge is -2.28. The molecule has 2 aliphatic carbocycles. The van der Waals surface area contributed by atoms with Crippen molar-refractivity contribution in [3.63, 3.8) is 0 Å². The summed E-state index contributed by atoms with van der Waals surface area (Å²) in [5.74, 6) is -0.00709. The maximum absolute atomic E-state index is 12.2. The number of carbonyl (C=O) groups is 1. The van der Waals surface area contributed by atoms with Crippen LogP contribution in [0.4, 0.5) is 0 Å². The van der Waals surface area contributed by atoms with Crippen molar-refractivity contribution in [2.24, 2.45) is 5.73 Å². The van der Waals surface area contributed by atoms with Crippen molar-refractivity contribution in [1.82, 2.24) is 20.3 Å². The molecule has 0 aromatic carbocycles. The van der Waals surface area contributed by atoms with Crippen LogP contribution in [-0.4, -0.2) is 33.0 Å². The van der Waals surface area contributed by atoms with Crippen molar-refractivity contribution < 1.29 is 4.79 Å². The van der Waals surface area contributed by atoms with Gasteiger partial charge in [-0.25, -0.2) is 4.68 Å². The van der Waals surface area contributed by atoms with E-state index < -0.39 is 0 Å². The van der Waals surface area contributed by atoms with Crippen LogP contribution in [0, 0.1) is 0 Å². The first-order chi connectivity index (χ1) is 10.7. The molecule has 23 heavy (non-hydrogen) atoms. The molecular weight excluding hydrogens is 314 g/mol. The number of nitrogens with two attached hydrogens (primary N) is 1. The van der Waals surface area contributed by atoms with Crippen molar-refractivity contribution in [3.8, 4) is 0 Å². The molecule has 6 nitrogen and oxygen atoms in total. The Hall–Kier alpha value is -1.14. The molecule has 0 radical (unpaired) electrons. The molecule has 0 spiro atoms. The standard InChI is InChI=1S/C16H27N5O.ClH/c17-16(9-5-1-2-6-10-16)12-18-15(22)11-21-14-8-4-3-7-13(14)19-20-21;/h1-12,17H2,(H,18,22);1H. The molecular formula is C16H28ClN5O. The largest absolute Gasteiger partial charge is 0.353 e. The van der Waals surface area contributed by atoms with Crippen LogP contribution in [0.2, 0.25) is 0 Å². The van der Waals surface area contributed by atoms with Crippen LogP contribution in [-0.2, 0) is 24.2 Å². The molecule has 1 aromatic rings. The maximum atomic E-state index is 12.2. The number of halogens is 1. The number of nitrogens with one attached hydrogen (secondary N) is 1. The topological polar surface area (TPSA) is 85.8 Å². The van der Waals surface area contributed by atoms with Crippen LogP contribution in [0.15, 0.2) is 0 Å². The molecule has 0 saturated heterocycles. The molecule has 0 aliphatic heterocycles. The number of hydrogen-bond donors (Lipinski definition) is 2. The Balaban J connectivity index is 0.00000192. The van der Waals surface area contributed by atoms with Crippen LogP contribution in [0.3, 0.4) is 0 Å². The number of aryl methyl sites for hydroxylation is 1. The molecule has 1 saturated carbocycles. The Labute approximate surface area is 144 Å². The second-order valence-electron chi connectivity index (χ2n) is 6.90. The molecule has 3 rings (SSSR count). The highest BCUT2D eigenvalue weighted by atomic mass is 35.5. The third kappa shape index (κ3) is 4.67. The van der Waals surface area contributed by atoms with E-state index in [9.17, 15) is 4.79 Å². The van der Waals surface area contributed by atoms with Crippen molar-refractivity contribution in [1.29, 1.82) is 0 Å². The first-order valence-electron chi connectivity index (χ1n) is 8.63. The summed E-state index contributed by atoms with van der Waals surface area (Å²) in [7, 11) is 0. The summed E-state index contributed by atoms with van der Waals surface area (Å²) in [5, 5.41) is 11.3. The van der Waals surface area contributed by atoms with E-state index in [1.165, 1.54) is 32.1 Å². The van der Waals surface area contributed by atoms with Crippen molar-refractivity contribution in [2.75, 3.05) is 6.54 Å². The summed E-state index contributed by atoms with van der Waals surface area (Å²) in [5.41, 5.74) is 8.42. The zero-order valence-corrected chi connectivity index (χ0v) is 14.5. The van der Waals surface area contributed by atoms with Gasteiger partial charge in [-0.3, -0.25) is 4.79 Å². The summed E-state index contributed by atoms with van der Waals surface area (Å²) in [6, 6.07) is 0. The van der Waals surface area contributed by atoms with Gasteiger partial charge < -0.3 is 11.1 Å². The second kappa shape index (κ2) is 8.11. The first kappa shape index (κ1) is 18.2. The molecule has 2 aliphatic rings. The third-order valence-electron chi connectivity index (χ3n) is 5.03. The average molecular weight is 342 g/mol. The Morgan fingerprint density at radius 2 is 1.83 bits per heavy atom. The molecule has 1 fully saturated rings. The van der Waals surface area contributed by atoms with Crippen LogP contribution >= 0.6 is 12.4 Å². The fourth-order valence-electron chi connectivity index (χ4n) is 3.62. The molecule has 1 amide bonds. The van der Waals surface area contributed by atoms with Crippen LogP contribution < -0.4 is 11.1 Å². The van der Waals surface area contributed by atoms with Crippen molar-refractivity contribution in [2.45, 2.75) is 76.3 Å². The third-order valence-corrected chi connectivity index (χ3v) is 5.03. The van der Waals surface area contributed by atoms with Crippen LogP contribution in [0.1, 0.15) is 62.8 Å². The summed E-state index contributed by atoms with van der Waals surface area (Å²) < 4.78 is 1.76. The van der Waals surface area contributed by atoms with E-state index >= 15 is 0 Å². The Morgan fingerprint density at radius 1 is 1.13 bits per heavy atom. The lowest BCUT2D eigenvalue weighted by atomic mass is 9.91. The lowest BCUT2D eigenvalue weighted by molar-refractivity contribution is -0.122. The minimum Gasteiger partial charge on any atom is -0.353 e. The highest BCUT2D eigenvalue weighted by Gasteiger charge is 2.27. The van der Waals surface area contributed by atoms with E-state index in [1.54, 1.807) is 4.68 Å². The number of hydrogen-bond acceptors (Lipinski definition) is 4. The van der Waals surface area contributed by atoms with Gasteiger partial charge in [0, 0.05) is 12.1 Å². The monoisotopic (exact) mass is 341 g/mol. The second-order valence-corrected chi connectivity index (χ2v) is 6.90. The van der Waals surface area contributed by atoms with Gasteiger partial charge in [-0.15, -0.1) is 17.5 Å². The van der Waals surface area contributed by atoms with Gasteiger partial charge >= 0.3 is 0 Å². The molecule has 130 valence electrons. The van der Waals surface area contributed by atoms with Gasteiger partial charge in [0.15, 0.2) is 0 Å². The SMILES string of the molecule is Cl.NC1(CNC(=O)Cn2nnc3c2CCCC3)CCCCCC1. The van der Waals surface area contributed by atoms with Gasteiger partial charge in [-0.2, -0.15) is 0 Å². The predicted molar refractivity (Wildman–Crippen MR) is 91.5 cm³/mol. The number of aromatic nitrogens is 3. The van der Waals surface area contributed by atoms with Gasteiger partial charge in [-0.1, -0.05) is 30.9 Å². The summed E-state index contributed by atoms with van der Waals surface area (Å²) >= 11 is 0. The Morgan fingerprint density at radius 3 is 2.57 bits per heavy atom. The van der Waals surface area contributed by atoms with Gasteiger partial charge in [0.05, 0.1) is 11.4 Å². The highest BCUT2D eigenvalue weighted by Crippen LogP contribution is 2.24. The summed E-state index contributed by atoms with van der Waals surface area (Å²) in [6.07, 6.45) is 11.2. The molecule has 0 atom stereocenters. The molecule has 0 unspecified atom stereocenters. The zero-order valence-electron chi connectivity index (χ0n) is 13.7. The normalized spacial score (nSPS) is 20.0. The quantitative estimate of drug-likeness (QED) is 0.817. The number of nitrogens with zero attached hydrogens (tertiary/aromatic N) is 3.